The zero-order valence-corrected chi connectivity index (χ0v) is 17.3. The van der Waals surface area contributed by atoms with Gasteiger partial charge in [0.05, 0.1) is 18.3 Å². The Morgan fingerprint density at radius 2 is 1.87 bits per heavy atom. The van der Waals surface area contributed by atoms with Crippen molar-refractivity contribution in [2.75, 3.05) is 32.7 Å². The molecule has 1 saturated heterocycles. The molecule has 5 rings (SSSR count). The molecule has 1 amide bonds. The van der Waals surface area contributed by atoms with Gasteiger partial charge in [-0.1, -0.05) is 25.1 Å². The molecule has 0 N–H and O–H groups in total. The van der Waals surface area contributed by atoms with Gasteiger partial charge in [-0.2, -0.15) is 0 Å². The lowest BCUT2D eigenvalue weighted by atomic mass is 9.88. The van der Waals surface area contributed by atoms with Crippen molar-refractivity contribution in [2.45, 2.75) is 26.2 Å². The Kier molecular flexibility index (Phi) is 4.95. The van der Waals surface area contributed by atoms with E-state index in [2.05, 4.69) is 30.0 Å². The van der Waals surface area contributed by atoms with E-state index in [1.807, 2.05) is 10.6 Å². The second-order valence-corrected chi connectivity index (χ2v) is 8.57. The summed E-state index contributed by atoms with van der Waals surface area (Å²) in [6.45, 7) is 5.26. The van der Waals surface area contributed by atoms with Crippen molar-refractivity contribution in [1.82, 2.24) is 14.4 Å². The first kappa shape index (κ1) is 19.1. The Morgan fingerprint density at radius 3 is 2.63 bits per heavy atom. The van der Waals surface area contributed by atoms with Gasteiger partial charge < -0.3 is 9.32 Å². The molecule has 0 radical (unpaired) electrons. The predicted octanol–water partition coefficient (Wildman–Crippen LogP) is 3.46. The number of benzene rings is 1. The van der Waals surface area contributed by atoms with Crippen LogP contribution in [0.3, 0.4) is 0 Å². The predicted molar refractivity (Wildman–Crippen MR) is 115 cm³/mol. The Labute approximate surface area is 176 Å². The maximum absolute atomic E-state index is 13.4. The number of rotatable bonds is 3. The molecule has 1 aromatic carbocycles. The van der Waals surface area contributed by atoms with Crippen molar-refractivity contribution in [3.8, 4) is 0 Å². The summed E-state index contributed by atoms with van der Waals surface area (Å²) in [7, 11) is 0. The van der Waals surface area contributed by atoms with Crippen molar-refractivity contribution in [3.05, 3.63) is 59.7 Å². The molecule has 2 aliphatic rings. The molecule has 0 bridgehead atoms. The smallest absolute Gasteiger partial charge is 0.289 e. The Balaban J connectivity index is 1.31. The summed E-state index contributed by atoms with van der Waals surface area (Å²) in [6, 6.07) is 11.7. The highest BCUT2D eigenvalue weighted by Gasteiger charge is 2.28. The first-order valence-electron chi connectivity index (χ1n) is 10.8. The van der Waals surface area contributed by atoms with Gasteiger partial charge in [-0.05, 0) is 48.9 Å². The molecule has 2 aromatic heterocycles. The van der Waals surface area contributed by atoms with E-state index in [4.69, 9.17) is 4.42 Å². The molecular weight excluding hydrogens is 378 g/mol. The van der Waals surface area contributed by atoms with E-state index in [1.54, 1.807) is 17.0 Å². The second-order valence-electron chi connectivity index (χ2n) is 8.57. The molecule has 6 heteroatoms. The lowest BCUT2D eigenvalue weighted by Gasteiger charge is -2.34. The molecule has 1 fully saturated rings. The average molecular weight is 405 g/mol. The fourth-order valence-corrected chi connectivity index (χ4v) is 4.90. The lowest BCUT2D eigenvalue weighted by molar-refractivity contribution is 0.0584. The number of piperazine rings is 1. The zero-order chi connectivity index (χ0) is 20.7. The maximum atomic E-state index is 13.4. The normalized spacial score (nSPS) is 19.8. The lowest BCUT2D eigenvalue weighted by Crippen LogP contribution is -2.50. The number of aromatic nitrogens is 1. The summed E-state index contributed by atoms with van der Waals surface area (Å²) in [5.74, 6) is 1.09. The Morgan fingerprint density at radius 1 is 1.07 bits per heavy atom. The van der Waals surface area contributed by atoms with Crippen LogP contribution in [0.15, 0.2) is 47.1 Å². The average Bonchev–Trinajstić information content (AvgIpc) is 3.40. The summed E-state index contributed by atoms with van der Waals surface area (Å²) in [5.41, 5.74) is 3.59. The van der Waals surface area contributed by atoms with Gasteiger partial charge in [0.25, 0.3) is 5.91 Å². The van der Waals surface area contributed by atoms with Gasteiger partial charge in [-0.3, -0.25) is 19.1 Å². The third-order valence-corrected chi connectivity index (χ3v) is 6.51. The SMILES string of the molecule is CC1CCc2c(c3ccccc3n2C(=O)CN2CCN(C(=O)c3ccco3)CC2)C1. The minimum atomic E-state index is -0.0782. The molecule has 3 heterocycles. The number of hydrogen-bond acceptors (Lipinski definition) is 4. The molecule has 0 saturated carbocycles. The molecule has 156 valence electrons. The number of furan rings is 1. The monoisotopic (exact) mass is 405 g/mol. The second kappa shape index (κ2) is 7.76. The van der Waals surface area contributed by atoms with Crippen LogP contribution in [0.5, 0.6) is 0 Å². The first-order valence-corrected chi connectivity index (χ1v) is 10.8. The van der Waals surface area contributed by atoms with Crippen LogP contribution in [0, 0.1) is 5.92 Å². The molecular formula is C24H27N3O3. The van der Waals surface area contributed by atoms with E-state index in [0.717, 1.165) is 24.8 Å². The molecule has 1 unspecified atom stereocenters. The fourth-order valence-electron chi connectivity index (χ4n) is 4.90. The van der Waals surface area contributed by atoms with Crippen molar-refractivity contribution >= 4 is 22.7 Å². The summed E-state index contributed by atoms with van der Waals surface area (Å²) in [6.07, 6.45) is 4.65. The van der Waals surface area contributed by atoms with Gasteiger partial charge >= 0.3 is 0 Å². The number of carbonyl (C=O) groups excluding carboxylic acids is 2. The van der Waals surface area contributed by atoms with E-state index in [0.29, 0.717) is 44.4 Å². The molecule has 1 aliphatic heterocycles. The van der Waals surface area contributed by atoms with Gasteiger partial charge in [-0.25, -0.2) is 0 Å². The van der Waals surface area contributed by atoms with Crippen LogP contribution in [-0.2, 0) is 12.8 Å². The van der Waals surface area contributed by atoms with Gasteiger partial charge in [0.1, 0.15) is 0 Å². The number of carbonyl (C=O) groups is 2. The Hall–Kier alpha value is -2.86. The number of para-hydroxylation sites is 1. The number of amides is 1. The number of hydrogen-bond donors (Lipinski definition) is 0. The Bertz CT molecular complexity index is 1070. The van der Waals surface area contributed by atoms with Crippen molar-refractivity contribution in [2.24, 2.45) is 5.92 Å². The topological polar surface area (TPSA) is 58.7 Å². The third kappa shape index (κ3) is 3.35. The molecule has 1 atom stereocenters. The minimum Gasteiger partial charge on any atom is -0.459 e. The van der Waals surface area contributed by atoms with Crippen molar-refractivity contribution in [3.63, 3.8) is 0 Å². The fraction of sp³-hybridized carbons (Fsp3) is 0.417. The van der Waals surface area contributed by atoms with E-state index in [9.17, 15) is 9.59 Å². The molecule has 3 aromatic rings. The van der Waals surface area contributed by atoms with Crippen molar-refractivity contribution in [1.29, 1.82) is 0 Å². The van der Waals surface area contributed by atoms with Gasteiger partial charge in [0.2, 0.25) is 5.91 Å². The van der Waals surface area contributed by atoms with Gasteiger partial charge in [0, 0.05) is 37.3 Å². The van der Waals surface area contributed by atoms with E-state index >= 15 is 0 Å². The van der Waals surface area contributed by atoms with Crippen LogP contribution in [0.4, 0.5) is 0 Å². The largest absolute Gasteiger partial charge is 0.459 e. The van der Waals surface area contributed by atoms with Crippen LogP contribution >= 0.6 is 0 Å². The maximum Gasteiger partial charge on any atom is 0.289 e. The van der Waals surface area contributed by atoms with Crippen molar-refractivity contribution < 1.29 is 14.0 Å². The van der Waals surface area contributed by atoms with Gasteiger partial charge in [-0.15, -0.1) is 0 Å². The third-order valence-electron chi connectivity index (χ3n) is 6.51. The molecule has 6 nitrogen and oxygen atoms in total. The minimum absolute atomic E-state index is 0.0782. The highest BCUT2D eigenvalue weighted by Crippen LogP contribution is 2.34. The summed E-state index contributed by atoms with van der Waals surface area (Å²) < 4.78 is 7.20. The summed E-state index contributed by atoms with van der Waals surface area (Å²) >= 11 is 0. The number of nitrogens with zero attached hydrogens (tertiary/aromatic N) is 3. The van der Waals surface area contributed by atoms with Crippen LogP contribution in [0.25, 0.3) is 10.9 Å². The molecule has 30 heavy (non-hydrogen) atoms. The quantitative estimate of drug-likeness (QED) is 0.670. The van der Waals surface area contributed by atoms with Crippen LogP contribution in [-0.4, -0.2) is 58.9 Å². The highest BCUT2D eigenvalue weighted by atomic mass is 16.3. The van der Waals surface area contributed by atoms with E-state index in [-0.39, 0.29) is 11.8 Å². The summed E-state index contributed by atoms with van der Waals surface area (Å²) in [5, 5.41) is 1.22. The van der Waals surface area contributed by atoms with Gasteiger partial charge in [0.15, 0.2) is 5.76 Å². The van der Waals surface area contributed by atoms with Crippen LogP contribution < -0.4 is 0 Å². The van der Waals surface area contributed by atoms with Crippen LogP contribution in [0.2, 0.25) is 0 Å². The van der Waals surface area contributed by atoms with E-state index in [1.165, 1.54) is 22.9 Å². The highest BCUT2D eigenvalue weighted by molar-refractivity contribution is 5.97. The number of fused-ring (bicyclic) bond motifs is 3. The van der Waals surface area contributed by atoms with Crippen LogP contribution in [0.1, 0.15) is 40.0 Å². The summed E-state index contributed by atoms with van der Waals surface area (Å²) in [4.78, 5) is 29.8. The standard InChI is InChI=1S/C24H27N3O3/c1-17-8-9-21-19(15-17)18-5-2-3-6-20(18)27(21)23(28)16-25-10-12-26(13-11-25)24(29)22-7-4-14-30-22/h2-7,14,17H,8-13,15-16H2,1H3. The molecule has 0 spiro atoms. The van der Waals surface area contributed by atoms with E-state index < -0.39 is 0 Å². The first-order chi connectivity index (χ1) is 14.6. The molecule has 1 aliphatic carbocycles. The zero-order valence-electron chi connectivity index (χ0n) is 17.3.